The van der Waals surface area contributed by atoms with Crippen LogP contribution in [0, 0.1) is 0 Å². The number of H-pyrrole nitrogens is 1. The van der Waals surface area contributed by atoms with E-state index in [0.717, 1.165) is 11.3 Å². The second-order valence-electron chi connectivity index (χ2n) is 3.91. The van der Waals surface area contributed by atoms with Gasteiger partial charge in [-0.2, -0.15) is 0 Å². The molecule has 18 heavy (non-hydrogen) atoms. The molecule has 2 rings (SSSR count). The summed E-state index contributed by atoms with van der Waals surface area (Å²) in [4.78, 5) is 14.4. The summed E-state index contributed by atoms with van der Waals surface area (Å²) in [5.41, 5.74) is 6.28. The van der Waals surface area contributed by atoms with Gasteiger partial charge in [0.25, 0.3) is 5.56 Å². The fraction of sp³-hybridized carbons (Fsp3) is 0.250. The average molecular weight is 246 g/mol. The third-order valence-corrected chi connectivity index (χ3v) is 2.52. The summed E-state index contributed by atoms with van der Waals surface area (Å²) >= 11 is 0. The zero-order valence-corrected chi connectivity index (χ0v) is 10.2. The van der Waals surface area contributed by atoms with E-state index in [1.165, 1.54) is 0 Å². The Balaban J connectivity index is 2.39. The molecule has 0 fully saturated rings. The molecule has 0 saturated carbocycles. The Kier molecular flexibility index (Phi) is 3.38. The number of aromatic amines is 1. The maximum Gasteiger partial charge on any atom is 0.274 e. The van der Waals surface area contributed by atoms with Crippen molar-refractivity contribution in [2.45, 2.75) is 13.0 Å². The molecule has 0 bridgehead atoms. The number of rotatable bonds is 3. The van der Waals surface area contributed by atoms with E-state index in [-0.39, 0.29) is 11.3 Å². The Hall–Kier alpha value is -2.21. The topological polar surface area (TPSA) is 93.9 Å². The lowest BCUT2D eigenvalue weighted by molar-refractivity contribution is 0.415. The van der Waals surface area contributed by atoms with Gasteiger partial charge in [0.2, 0.25) is 0 Å². The number of nitrogens with two attached hydrogens (primary N) is 1. The van der Waals surface area contributed by atoms with Crippen LogP contribution in [-0.4, -0.2) is 22.3 Å². The van der Waals surface area contributed by atoms with E-state index in [2.05, 4.69) is 15.2 Å². The fourth-order valence-corrected chi connectivity index (χ4v) is 1.52. The van der Waals surface area contributed by atoms with Crippen LogP contribution < -0.4 is 16.0 Å². The number of hydrogen-bond acceptors (Lipinski definition) is 5. The molecule has 1 heterocycles. The molecule has 1 aromatic carbocycles. The van der Waals surface area contributed by atoms with Gasteiger partial charge in [-0.1, -0.05) is 0 Å². The average Bonchev–Trinajstić information content (AvgIpc) is 2.38. The monoisotopic (exact) mass is 246 g/mol. The molecule has 94 valence electrons. The van der Waals surface area contributed by atoms with Gasteiger partial charge in [0.1, 0.15) is 11.4 Å². The summed E-state index contributed by atoms with van der Waals surface area (Å²) in [7, 11) is 1.59. The van der Waals surface area contributed by atoms with Gasteiger partial charge in [-0.25, -0.2) is 0 Å². The van der Waals surface area contributed by atoms with Crippen molar-refractivity contribution in [3.8, 4) is 17.1 Å². The van der Waals surface area contributed by atoms with Crippen LogP contribution in [0.15, 0.2) is 29.1 Å². The lowest BCUT2D eigenvalue weighted by Crippen LogP contribution is -2.23. The highest BCUT2D eigenvalue weighted by atomic mass is 16.5. The minimum Gasteiger partial charge on any atom is -0.497 e. The summed E-state index contributed by atoms with van der Waals surface area (Å²) in [6.45, 7) is 1.69. The summed E-state index contributed by atoms with van der Waals surface area (Å²) in [5, 5.41) is 7.81. The van der Waals surface area contributed by atoms with Gasteiger partial charge in [0, 0.05) is 5.56 Å². The number of ether oxygens (including phenoxy) is 1. The smallest absolute Gasteiger partial charge is 0.274 e. The van der Waals surface area contributed by atoms with Crippen LogP contribution in [0.4, 0.5) is 0 Å². The molecule has 0 aliphatic heterocycles. The quantitative estimate of drug-likeness (QED) is 0.837. The number of methoxy groups -OCH3 is 1. The molecule has 0 aliphatic carbocycles. The Morgan fingerprint density at radius 3 is 2.44 bits per heavy atom. The molecule has 0 radical (unpaired) electrons. The van der Waals surface area contributed by atoms with Crippen LogP contribution >= 0.6 is 0 Å². The molecule has 6 heteroatoms. The van der Waals surface area contributed by atoms with Crippen molar-refractivity contribution < 1.29 is 4.74 Å². The van der Waals surface area contributed by atoms with Crippen LogP contribution in [0.1, 0.15) is 18.7 Å². The van der Waals surface area contributed by atoms with Crippen molar-refractivity contribution in [1.82, 2.24) is 15.2 Å². The number of nitrogens with one attached hydrogen (secondary N) is 1. The highest BCUT2D eigenvalue weighted by Gasteiger charge is 2.09. The van der Waals surface area contributed by atoms with Crippen molar-refractivity contribution in [2.75, 3.05) is 7.11 Å². The van der Waals surface area contributed by atoms with Gasteiger partial charge in [0.05, 0.1) is 13.2 Å². The van der Waals surface area contributed by atoms with E-state index >= 15 is 0 Å². The maximum atomic E-state index is 11.7. The first-order valence-electron chi connectivity index (χ1n) is 5.48. The van der Waals surface area contributed by atoms with Crippen LogP contribution in [0.3, 0.4) is 0 Å². The van der Waals surface area contributed by atoms with E-state index in [1.54, 1.807) is 38.3 Å². The number of benzene rings is 1. The minimum atomic E-state index is -0.439. The van der Waals surface area contributed by atoms with Crippen LogP contribution in [0.5, 0.6) is 5.75 Å². The Bertz CT molecular complexity index is 590. The third kappa shape index (κ3) is 2.38. The zero-order valence-electron chi connectivity index (χ0n) is 10.2. The number of hydrogen-bond donors (Lipinski definition) is 2. The second-order valence-corrected chi connectivity index (χ2v) is 3.91. The highest BCUT2D eigenvalue weighted by molar-refractivity contribution is 5.55. The van der Waals surface area contributed by atoms with E-state index in [9.17, 15) is 4.79 Å². The Morgan fingerprint density at radius 2 is 1.94 bits per heavy atom. The lowest BCUT2D eigenvalue weighted by atomic mass is 10.2. The van der Waals surface area contributed by atoms with Crippen LogP contribution in [-0.2, 0) is 0 Å². The zero-order chi connectivity index (χ0) is 13.1. The summed E-state index contributed by atoms with van der Waals surface area (Å²) in [5.74, 6) is 1.15. The summed E-state index contributed by atoms with van der Waals surface area (Å²) in [6.07, 6.45) is 0. The largest absolute Gasteiger partial charge is 0.497 e. The molecule has 1 atom stereocenters. The van der Waals surface area contributed by atoms with E-state index < -0.39 is 6.04 Å². The molecule has 1 unspecified atom stereocenters. The van der Waals surface area contributed by atoms with Gasteiger partial charge in [-0.3, -0.25) is 4.79 Å². The molecule has 0 saturated heterocycles. The van der Waals surface area contributed by atoms with Crippen molar-refractivity contribution in [1.29, 1.82) is 0 Å². The van der Waals surface area contributed by atoms with Crippen molar-refractivity contribution in [2.24, 2.45) is 5.73 Å². The highest BCUT2D eigenvalue weighted by Crippen LogP contribution is 2.17. The Morgan fingerprint density at radius 1 is 1.28 bits per heavy atom. The van der Waals surface area contributed by atoms with Crippen molar-refractivity contribution in [3.63, 3.8) is 0 Å². The van der Waals surface area contributed by atoms with Crippen molar-refractivity contribution in [3.05, 3.63) is 40.3 Å². The molecule has 3 N–H and O–H groups in total. The second kappa shape index (κ2) is 4.97. The van der Waals surface area contributed by atoms with E-state index in [4.69, 9.17) is 10.5 Å². The standard InChI is InChI=1S/C12H14N4O2/c1-7(13)10-12(17)14-11(16-15-10)8-3-5-9(18-2)6-4-8/h3-7H,13H2,1-2H3,(H,14,16,17). The van der Waals surface area contributed by atoms with Gasteiger partial charge in [0.15, 0.2) is 5.82 Å². The SMILES string of the molecule is COc1ccc(-c2nnc(C(C)N)c(=O)[nH]2)cc1. The molecular weight excluding hydrogens is 232 g/mol. The minimum absolute atomic E-state index is 0.229. The molecule has 2 aromatic rings. The first-order chi connectivity index (χ1) is 8.61. The van der Waals surface area contributed by atoms with Gasteiger partial charge in [-0.05, 0) is 31.2 Å². The van der Waals surface area contributed by atoms with Gasteiger partial charge >= 0.3 is 0 Å². The summed E-state index contributed by atoms with van der Waals surface area (Å²) in [6, 6.07) is 6.73. The first-order valence-corrected chi connectivity index (χ1v) is 5.48. The molecular formula is C12H14N4O2. The molecule has 6 nitrogen and oxygen atoms in total. The normalized spacial score (nSPS) is 12.2. The predicted octanol–water partition coefficient (Wildman–Crippen LogP) is 0.860. The van der Waals surface area contributed by atoms with E-state index in [0.29, 0.717) is 5.82 Å². The third-order valence-electron chi connectivity index (χ3n) is 2.52. The van der Waals surface area contributed by atoms with Crippen LogP contribution in [0.2, 0.25) is 0 Å². The molecule has 0 amide bonds. The van der Waals surface area contributed by atoms with Gasteiger partial charge < -0.3 is 15.5 Å². The predicted molar refractivity (Wildman–Crippen MR) is 67.2 cm³/mol. The maximum absolute atomic E-state index is 11.7. The number of aromatic nitrogens is 3. The molecule has 0 spiro atoms. The first kappa shape index (κ1) is 12.3. The van der Waals surface area contributed by atoms with Crippen molar-refractivity contribution >= 4 is 0 Å². The lowest BCUT2D eigenvalue weighted by Gasteiger charge is -2.05. The van der Waals surface area contributed by atoms with E-state index in [1.807, 2.05) is 0 Å². The van der Waals surface area contributed by atoms with Gasteiger partial charge in [-0.15, -0.1) is 10.2 Å². The number of nitrogens with zero attached hydrogens (tertiary/aromatic N) is 2. The molecule has 1 aromatic heterocycles. The molecule has 0 aliphatic rings. The summed E-state index contributed by atoms with van der Waals surface area (Å²) < 4.78 is 5.05. The van der Waals surface area contributed by atoms with Crippen LogP contribution in [0.25, 0.3) is 11.4 Å². The Labute approximate surface area is 104 Å². The fourth-order valence-electron chi connectivity index (χ4n) is 1.52.